The summed E-state index contributed by atoms with van der Waals surface area (Å²) in [6.07, 6.45) is 4.02. The van der Waals surface area contributed by atoms with Gasteiger partial charge < -0.3 is 15.1 Å². The highest BCUT2D eigenvalue weighted by Crippen LogP contribution is 2.47. The number of pyridine rings is 1. The summed E-state index contributed by atoms with van der Waals surface area (Å²) in [6, 6.07) is 13.0. The number of halogens is 2. The second-order valence-corrected chi connectivity index (χ2v) is 7.35. The van der Waals surface area contributed by atoms with Crippen molar-refractivity contribution in [2.75, 3.05) is 44.7 Å². The van der Waals surface area contributed by atoms with Gasteiger partial charge in [0.2, 0.25) is 0 Å². The lowest BCUT2D eigenvalue weighted by Gasteiger charge is -2.37. The van der Waals surface area contributed by atoms with E-state index in [1.807, 2.05) is 31.4 Å². The normalized spacial score (nSPS) is 18.4. The fourth-order valence-corrected chi connectivity index (χ4v) is 3.81. The zero-order valence-electron chi connectivity index (χ0n) is 16.1. The summed E-state index contributed by atoms with van der Waals surface area (Å²) in [5.41, 5.74) is 1.14. The molecule has 7 heteroatoms. The van der Waals surface area contributed by atoms with E-state index < -0.39 is 0 Å². The smallest absolute Gasteiger partial charge is 0.193 e. The van der Waals surface area contributed by atoms with E-state index >= 15 is 0 Å². The highest BCUT2D eigenvalue weighted by molar-refractivity contribution is 14.0. The van der Waals surface area contributed by atoms with Gasteiger partial charge in [-0.2, -0.15) is 0 Å². The molecule has 1 saturated heterocycles. The van der Waals surface area contributed by atoms with Crippen LogP contribution in [0.4, 0.5) is 10.2 Å². The number of nitrogens with zero attached hydrogens (tertiary/aromatic N) is 4. The minimum Gasteiger partial charge on any atom is -0.355 e. The van der Waals surface area contributed by atoms with Crippen molar-refractivity contribution in [2.45, 2.75) is 18.3 Å². The van der Waals surface area contributed by atoms with Gasteiger partial charge in [-0.15, -0.1) is 24.0 Å². The number of anilines is 1. The highest BCUT2D eigenvalue weighted by atomic mass is 127. The number of rotatable bonds is 4. The van der Waals surface area contributed by atoms with Gasteiger partial charge in [-0.1, -0.05) is 18.2 Å². The summed E-state index contributed by atoms with van der Waals surface area (Å²) in [6.45, 7) is 4.45. The van der Waals surface area contributed by atoms with Crippen LogP contribution in [0.15, 0.2) is 53.7 Å². The van der Waals surface area contributed by atoms with Crippen molar-refractivity contribution in [1.82, 2.24) is 15.2 Å². The summed E-state index contributed by atoms with van der Waals surface area (Å²) >= 11 is 0. The molecule has 2 aromatic rings. The Balaban J connectivity index is 0.00000225. The van der Waals surface area contributed by atoms with Gasteiger partial charge in [-0.3, -0.25) is 4.99 Å². The lowest BCUT2D eigenvalue weighted by Crippen LogP contribution is -2.53. The van der Waals surface area contributed by atoms with Crippen LogP contribution in [0.25, 0.3) is 0 Å². The first-order chi connectivity index (χ1) is 13.2. The number of guanidine groups is 1. The molecule has 4 rings (SSSR count). The standard InChI is InChI=1S/C21H26FN5.HI/c1-23-20(25-16-21(8-9-21)17-5-4-6-18(22)15-17)27-13-11-26(12-14-27)19-7-2-3-10-24-19;/h2-7,10,15H,8-9,11-14,16H2,1H3,(H,23,25);1H. The van der Waals surface area contributed by atoms with Crippen LogP contribution in [0.3, 0.4) is 0 Å². The Kier molecular flexibility index (Phi) is 6.74. The van der Waals surface area contributed by atoms with Gasteiger partial charge in [0.1, 0.15) is 11.6 Å². The molecule has 150 valence electrons. The minimum atomic E-state index is -0.159. The Hall–Kier alpha value is -1.90. The van der Waals surface area contributed by atoms with Crippen LogP contribution in [0.5, 0.6) is 0 Å². The zero-order chi connectivity index (χ0) is 18.7. The van der Waals surface area contributed by atoms with E-state index in [0.717, 1.165) is 62.9 Å². The average Bonchev–Trinajstić information content (AvgIpc) is 3.51. The second kappa shape index (κ2) is 9.07. The predicted molar refractivity (Wildman–Crippen MR) is 122 cm³/mol. The third kappa shape index (κ3) is 4.56. The fraction of sp³-hybridized carbons (Fsp3) is 0.429. The van der Waals surface area contributed by atoms with Crippen LogP contribution in [0, 0.1) is 5.82 Å². The average molecular weight is 495 g/mol. The summed E-state index contributed by atoms with van der Waals surface area (Å²) in [4.78, 5) is 13.5. The van der Waals surface area contributed by atoms with Crippen molar-refractivity contribution < 1.29 is 4.39 Å². The molecule has 5 nitrogen and oxygen atoms in total. The number of benzene rings is 1. The molecule has 0 bridgehead atoms. The van der Waals surface area contributed by atoms with E-state index in [1.165, 1.54) is 6.07 Å². The van der Waals surface area contributed by atoms with Crippen LogP contribution < -0.4 is 10.2 Å². The first-order valence-corrected chi connectivity index (χ1v) is 9.58. The van der Waals surface area contributed by atoms with Crippen LogP contribution in [-0.2, 0) is 5.41 Å². The van der Waals surface area contributed by atoms with Gasteiger partial charge in [0, 0.05) is 51.4 Å². The van der Waals surface area contributed by atoms with Crippen LogP contribution in [-0.4, -0.2) is 55.6 Å². The quantitative estimate of drug-likeness (QED) is 0.402. The first-order valence-electron chi connectivity index (χ1n) is 9.58. The number of aromatic nitrogens is 1. The van der Waals surface area contributed by atoms with Crippen molar-refractivity contribution in [3.8, 4) is 0 Å². The fourth-order valence-electron chi connectivity index (χ4n) is 3.81. The van der Waals surface area contributed by atoms with Crippen molar-refractivity contribution in [3.05, 3.63) is 60.0 Å². The summed E-state index contributed by atoms with van der Waals surface area (Å²) in [5.74, 6) is 1.80. The number of piperazine rings is 1. The molecular weight excluding hydrogens is 468 g/mol. The molecule has 1 aliphatic heterocycles. The molecule has 2 aliphatic rings. The first kappa shape index (κ1) is 20.8. The van der Waals surface area contributed by atoms with E-state index in [2.05, 4.69) is 31.2 Å². The van der Waals surface area contributed by atoms with Crippen LogP contribution in [0.1, 0.15) is 18.4 Å². The van der Waals surface area contributed by atoms with Gasteiger partial charge in [-0.05, 0) is 42.7 Å². The molecule has 2 heterocycles. The lowest BCUT2D eigenvalue weighted by atomic mass is 9.96. The maximum absolute atomic E-state index is 13.6. The summed E-state index contributed by atoms with van der Waals surface area (Å²) in [5, 5.41) is 3.53. The highest BCUT2D eigenvalue weighted by Gasteiger charge is 2.44. The van der Waals surface area contributed by atoms with E-state index in [4.69, 9.17) is 0 Å². The third-order valence-corrected chi connectivity index (χ3v) is 5.64. The van der Waals surface area contributed by atoms with E-state index in [9.17, 15) is 4.39 Å². The SMILES string of the molecule is CN=C(NCC1(c2cccc(F)c2)CC1)N1CCN(c2ccccn2)CC1.I. The molecule has 0 amide bonds. The van der Waals surface area contributed by atoms with Crippen molar-refractivity contribution in [2.24, 2.45) is 4.99 Å². The molecule has 1 aromatic carbocycles. The van der Waals surface area contributed by atoms with Gasteiger partial charge in [0.05, 0.1) is 0 Å². The second-order valence-electron chi connectivity index (χ2n) is 7.35. The number of aliphatic imine (C=N–C) groups is 1. The largest absolute Gasteiger partial charge is 0.355 e. The van der Waals surface area contributed by atoms with E-state index in [0.29, 0.717) is 0 Å². The molecule has 1 aliphatic carbocycles. The zero-order valence-corrected chi connectivity index (χ0v) is 18.5. The molecule has 1 saturated carbocycles. The summed E-state index contributed by atoms with van der Waals surface area (Å²) < 4.78 is 13.6. The Morgan fingerprint density at radius 3 is 2.54 bits per heavy atom. The van der Waals surface area contributed by atoms with E-state index in [1.54, 1.807) is 12.1 Å². The number of hydrogen-bond donors (Lipinski definition) is 1. The van der Waals surface area contributed by atoms with Crippen molar-refractivity contribution in [1.29, 1.82) is 0 Å². The van der Waals surface area contributed by atoms with E-state index in [-0.39, 0.29) is 35.2 Å². The Labute approximate surface area is 183 Å². The number of hydrogen-bond acceptors (Lipinski definition) is 3. The van der Waals surface area contributed by atoms with Crippen molar-refractivity contribution >= 4 is 35.8 Å². The Morgan fingerprint density at radius 2 is 1.93 bits per heavy atom. The molecule has 0 spiro atoms. The van der Waals surface area contributed by atoms with Gasteiger partial charge in [0.15, 0.2) is 5.96 Å². The molecule has 0 unspecified atom stereocenters. The lowest BCUT2D eigenvalue weighted by molar-refractivity contribution is 0.369. The molecule has 28 heavy (non-hydrogen) atoms. The predicted octanol–water partition coefficient (Wildman–Crippen LogP) is 3.27. The van der Waals surface area contributed by atoms with Gasteiger partial charge in [0.25, 0.3) is 0 Å². The van der Waals surface area contributed by atoms with Gasteiger partial charge >= 0.3 is 0 Å². The topological polar surface area (TPSA) is 43.8 Å². The Morgan fingerprint density at radius 1 is 1.14 bits per heavy atom. The number of nitrogens with one attached hydrogen (secondary N) is 1. The molecule has 1 N–H and O–H groups in total. The van der Waals surface area contributed by atoms with Crippen LogP contribution in [0.2, 0.25) is 0 Å². The summed E-state index contributed by atoms with van der Waals surface area (Å²) in [7, 11) is 1.83. The molecule has 0 atom stereocenters. The maximum Gasteiger partial charge on any atom is 0.193 e. The maximum atomic E-state index is 13.6. The molecule has 0 radical (unpaired) electrons. The molecule has 1 aromatic heterocycles. The van der Waals surface area contributed by atoms with Gasteiger partial charge in [-0.25, -0.2) is 9.37 Å². The minimum absolute atomic E-state index is 0. The molecule has 2 fully saturated rings. The Bertz CT molecular complexity index is 801. The monoisotopic (exact) mass is 495 g/mol. The van der Waals surface area contributed by atoms with Crippen molar-refractivity contribution in [3.63, 3.8) is 0 Å². The van der Waals surface area contributed by atoms with Crippen LogP contribution >= 0.6 is 24.0 Å². The third-order valence-electron chi connectivity index (χ3n) is 5.64. The molecular formula is C21H27FIN5.